The average molecular weight is 319 g/mol. The van der Waals surface area contributed by atoms with Crippen LogP contribution in [0.15, 0.2) is 87.6 Å². The van der Waals surface area contributed by atoms with Crippen molar-refractivity contribution in [1.29, 1.82) is 0 Å². The molecule has 0 aliphatic rings. The van der Waals surface area contributed by atoms with Crippen molar-refractivity contribution in [2.45, 2.75) is 16.7 Å². The van der Waals surface area contributed by atoms with E-state index < -0.39 is 0 Å². The number of nitrogens with zero attached hydrogens (tertiary/aromatic N) is 1. The summed E-state index contributed by atoms with van der Waals surface area (Å²) in [5.74, 6) is 0.190. The Kier molecular flexibility index (Phi) is 4.79. The van der Waals surface area contributed by atoms with Crippen LogP contribution in [-0.4, -0.2) is 11.3 Å². The Morgan fingerprint density at radius 1 is 0.826 bits per heavy atom. The summed E-state index contributed by atoms with van der Waals surface area (Å²) in [5.41, 5.74) is 2.84. The van der Waals surface area contributed by atoms with Crippen LogP contribution < -0.4 is 0 Å². The molecule has 2 nitrogen and oxygen atoms in total. The minimum absolute atomic E-state index is 0.190. The van der Waals surface area contributed by atoms with E-state index >= 15 is 0 Å². The molecule has 1 N–H and O–H groups in total. The predicted molar refractivity (Wildman–Crippen MR) is 97.1 cm³/mol. The van der Waals surface area contributed by atoms with Gasteiger partial charge < -0.3 is 5.11 Å². The van der Waals surface area contributed by atoms with Gasteiger partial charge in [0.15, 0.2) is 0 Å². The first kappa shape index (κ1) is 15.4. The highest BCUT2D eigenvalue weighted by molar-refractivity contribution is 7.99. The lowest BCUT2D eigenvalue weighted by molar-refractivity contribution is 0.477. The zero-order chi connectivity index (χ0) is 16.1. The lowest BCUT2D eigenvalue weighted by Gasteiger charge is -2.03. The number of rotatable bonds is 4. The Labute approximate surface area is 140 Å². The second kappa shape index (κ2) is 7.16. The predicted octanol–water partition coefficient (Wildman–Crippen LogP) is 5.60. The Morgan fingerprint density at radius 3 is 2.09 bits per heavy atom. The van der Waals surface area contributed by atoms with Crippen LogP contribution in [0, 0.1) is 6.92 Å². The van der Waals surface area contributed by atoms with Gasteiger partial charge in [-0.25, -0.2) is 0 Å². The van der Waals surface area contributed by atoms with Crippen LogP contribution in [0.25, 0.3) is 0 Å². The third-order valence-corrected chi connectivity index (χ3v) is 4.39. The molecule has 0 aliphatic heterocycles. The SMILES string of the molecule is Cc1ccc(Sc2ccc(C=Nc3ccccc3O)cc2)cc1. The fourth-order valence-corrected chi connectivity index (χ4v) is 2.90. The van der Waals surface area contributed by atoms with Crippen molar-refractivity contribution in [3.05, 3.63) is 83.9 Å². The largest absolute Gasteiger partial charge is 0.506 e. The fourth-order valence-electron chi connectivity index (χ4n) is 2.08. The molecule has 3 aromatic carbocycles. The molecule has 0 aliphatic carbocycles. The topological polar surface area (TPSA) is 32.6 Å². The minimum Gasteiger partial charge on any atom is -0.506 e. The van der Waals surface area contributed by atoms with Crippen LogP contribution in [0.5, 0.6) is 5.75 Å². The average Bonchev–Trinajstić information content (AvgIpc) is 2.58. The number of hydrogen-bond donors (Lipinski definition) is 1. The van der Waals surface area contributed by atoms with Gasteiger partial charge in [0.25, 0.3) is 0 Å². The smallest absolute Gasteiger partial charge is 0.141 e. The maximum Gasteiger partial charge on any atom is 0.141 e. The van der Waals surface area contributed by atoms with E-state index in [1.54, 1.807) is 36.2 Å². The number of aliphatic imine (C=N–C) groups is 1. The highest BCUT2D eigenvalue weighted by Gasteiger charge is 1.98. The molecule has 23 heavy (non-hydrogen) atoms. The summed E-state index contributed by atoms with van der Waals surface area (Å²) in [6, 6.07) is 23.8. The summed E-state index contributed by atoms with van der Waals surface area (Å²) in [7, 11) is 0. The fraction of sp³-hybridized carbons (Fsp3) is 0.0500. The third-order valence-electron chi connectivity index (χ3n) is 3.37. The van der Waals surface area contributed by atoms with Crippen molar-refractivity contribution in [2.75, 3.05) is 0 Å². The van der Waals surface area contributed by atoms with Gasteiger partial charge in [-0.15, -0.1) is 0 Å². The lowest BCUT2D eigenvalue weighted by Crippen LogP contribution is -1.81. The van der Waals surface area contributed by atoms with E-state index in [-0.39, 0.29) is 5.75 Å². The van der Waals surface area contributed by atoms with Crippen LogP contribution in [-0.2, 0) is 0 Å². The monoisotopic (exact) mass is 319 g/mol. The molecule has 0 fully saturated rings. The Morgan fingerprint density at radius 2 is 1.43 bits per heavy atom. The molecule has 114 valence electrons. The summed E-state index contributed by atoms with van der Waals surface area (Å²) < 4.78 is 0. The summed E-state index contributed by atoms with van der Waals surface area (Å²) in [6.45, 7) is 2.09. The molecule has 0 aromatic heterocycles. The number of phenols is 1. The molecule has 0 unspecified atom stereocenters. The first-order chi connectivity index (χ1) is 11.2. The van der Waals surface area contributed by atoms with E-state index in [4.69, 9.17) is 0 Å². The number of para-hydroxylation sites is 2. The quantitative estimate of drug-likeness (QED) is 0.635. The standard InChI is InChI=1S/C20H17NOS/c1-15-6-10-17(11-7-15)23-18-12-8-16(9-13-18)14-21-19-4-2-3-5-20(19)22/h2-14,22H,1H3. The first-order valence-corrected chi connectivity index (χ1v) is 8.19. The second-order valence-electron chi connectivity index (χ2n) is 5.23. The van der Waals surface area contributed by atoms with Crippen molar-refractivity contribution in [2.24, 2.45) is 4.99 Å². The van der Waals surface area contributed by atoms with Crippen molar-refractivity contribution in [1.82, 2.24) is 0 Å². The van der Waals surface area contributed by atoms with E-state index in [1.807, 2.05) is 18.2 Å². The molecule has 0 amide bonds. The van der Waals surface area contributed by atoms with Crippen molar-refractivity contribution in [3.8, 4) is 5.75 Å². The molecule has 3 rings (SSSR count). The van der Waals surface area contributed by atoms with Gasteiger partial charge >= 0.3 is 0 Å². The zero-order valence-electron chi connectivity index (χ0n) is 12.8. The van der Waals surface area contributed by atoms with Crippen molar-refractivity contribution >= 4 is 23.7 Å². The van der Waals surface area contributed by atoms with Crippen LogP contribution >= 0.6 is 11.8 Å². The molecule has 0 spiro atoms. The molecule has 3 aromatic rings. The first-order valence-electron chi connectivity index (χ1n) is 7.37. The number of aryl methyl sites for hydroxylation is 1. The molecule has 0 heterocycles. The molecule has 3 heteroatoms. The summed E-state index contributed by atoms with van der Waals surface area (Å²) in [4.78, 5) is 6.73. The summed E-state index contributed by atoms with van der Waals surface area (Å²) in [6.07, 6.45) is 1.76. The van der Waals surface area contributed by atoms with Gasteiger partial charge in [-0.2, -0.15) is 0 Å². The molecule has 0 saturated carbocycles. The number of hydrogen-bond acceptors (Lipinski definition) is 3. The molecule has 0 saturated heterocycles. The van der Waals surface area contributed by atoms with Gasteiger partial charge in [-0.1, -0.05) is 53.7 Å². The number of aromatic hydroxyl groups is 1. The maximum absolute atomic E-state index is 9.70. The van der Waals surface area contributed by atoms with E-state index in [9.17, 15) is 5.11 Å². The molecule has 0 atom stereocenters. The van der Waals surface area contributed by atoms with Crippen LogP contribution in [0.4, 0.5) is 5.69 Å². The molecular weight excluding hydrogens is 302 g/mol. The normalized spacial score (nSPS) is 11.0. The Bertz CT molecular complexity index is 808. The lowest BCUT2D eigenvalue weighted by atomic mass is 10.2. The van der Waals surface area contributed by atoms with Gasteiger partial charge in [0.05, 0.1) is 0 Å². The van der Waals surface area contributed by atoms with Crippen molar-refractivity contribution < 1.29 is 5.11 Å². The number of benzene rings is 3. The van der Waals surface area contributed by atoms with E-state index in [0.717, 1.165) is 5.56 Å². The zero-order valence-corrected chi connectivity index (χ0v) is 13.6. The summed E-state index contributed by atoms with van der Waals surface area (Å²) in [5, 5.41) is 9.70. The summed E-state index contributed by atoms with van der Waals surface area (Å²) >= 11 is 1.74. The number of phenolic OH excluding ortho intramolecular Hbond substituents is 1. The maximum atomic E-state index is 9.70. The van der Waals surface area contributed by atoms with Gasteiger partial charge in [0.1, 0.15) is 11.4 Å². The van der Waals surface area contributed by atoms with Crippen molar-refractivity contribution in [3.63, 3.8) is 0 Å². The van der Waals surface area contributed by atoms with E-state index in [2.05, 4.69) is 48.3 Å². The highest BCUT2D eigenvalue weighted by atomic mass is 32.2. The van der Waals surface area contributed by atoms with Crippen LogP contribution in [0.2, 0.25) is 0 Å². The van der Waals surface area contributed by atoms with E-state index in [0.29, 0.717) is 5.69 Å². The molecule has 0 radical (unpaired) electrons. The molecular formula is C20H17NOS. The second-order valence-corrected chi connectivity index (χ2v) is 6.38. The van der Waals surface area contributed by atoms with Gasteiger partial charge in [-0.05, 0) is 48.9 Å². The van der Waals surface area contributed by atoms with Gasteiger partial charge in [0.2, 0.25) is 0 Å². The Hall–Kier alpha value is -2.52. The molecule has 0 bridgehead atoms. The van der Waals surface area contributed by atoms with Crippen LogP contribution in [0.1, 0.15) is 11.1 Å². The Balaban J connectivity index is 1.69. The van der Waals surface area contributed by atoms with Gasteiger partial charge in [0, 0.05) is 16.0 Å². The van der Waals surface area contributed by atoms with Crippen LogP contribution in [0.3, 0.4) is 0 Å². The van der Waals surface area contributed by atoms with Gasteiger partial charge in [-0.3, -0.25) is 4.99 Å². The minimum atomic E-state index is 0.190. The third kappa shape index (κ3) is 4.24. The van der Waals surface area contributed by atoms with E-state index in [1.165, 1.54) is 15.4 Å². The highest BCUT2D eigenvalue weighted by Crippen LogP contribution is 2.28.